The number of aliphatic hydroxyl groups is 1. The SMILES string of the molecule is COc1c(CC(C)O)cc(C)cc1C(=O)O. The van der Waals surface area contributed by atoms with E-state index in [4.69, 9.17) is 9.84 Å². The first-order chi connectivity index (χ1) is 7.45. The van der Waals surface area contributed by atoms with Crippen molar-refractivity contribution in [1.82, 2.24) is 0 Å². The molecule has 88 valence electrons. The molecule has 1 atom stereocenters. The largest absolute Gasteiger partial charge is 0.496 e. The van der Waals surface area contributed by atoms with Crippen molar-refractivity contribution in [3.05, 3.63) is 28.8 Å². The number of benzene rings is 1. The third kappa shape index (κ3) is 2.73. The van der Waals surface area contributed by atoms with Crippen LogP contribution in [0.5, 0.6) is 5.75 Å². The lowest BCUT2D eigenvalue weighted by atomic mass is 10.0. The van der Waals surface area contributed by atoms with E-state index in [1.165, 1.54) is 7.11 Å². The van der Waals surface area contributed by atoms with Gasteiger partial charge >= 0.3 is 5.97 Å². The van der Waals surface area contributed by atoms with Crippen LogP contribution in [-0.4, -0.2) is 29.4 Å². The summed E-state index contributed by atoms with van der Waals surface area (Å²) in [6.07, 6.45) is -0.150. The van der Waals surface area contributed by atoms with Crippen LogP contribution in [0.2, 0.25) is 0 Å². The quantitative estimate of drug-likeness (QED) is 0.815. The van der Waals surface area contributed by atoms with Crippen molar-refractivity contribution < 1.29 is 19.7 Å². The Balaban J connectivity index is 3.30. The number of carboxylic acids is 1. The number of rotatable bonds is 4. The van der Waals surface area contributed by atoms with Crippen molar-refractivity contribution in [3.8, 4) is 5.75 Å². The summed E-state index contributed by atoms with van der Waals surface area (Å²) in [5.41, 5.74) is 1.70. The van der Waals surface area contributed by atoms with Crippen molar-refractivity contribution in [1.29, 1.82) is 0 Å². The number of hydrogen-bond donors (Lipinski definition) is 2. The standard InChI is InChI=1S/C12H16O4/c1-7-4-9(6-8(2)13)11(16-3)10(5-7)12(14)15/h4-5,8,13H,6H2,1-3H3,(H,14,15). The Labute approximate surface area is 94.5 Å². The van der Waals surface area contributed by atoms with Gasteiger partial charge in [-0.15, -0.1) is 0 Å². The van der Waals surface area contributed by atoms with Gasteiger partial charge in [0.05, 0.1) is 13.2 Å². The lowest BCUT2D eigenvalue weighted by Crippen LogP contribution is -2.09. The Bertz CT molecular complexity index is 396. The van der Waals surface area contributed by atoms with Crippen LogP contribution in [0.25, 0.3) is 0 Å². The molecule has 0 aliphatic carbocycles. The molecule has 1 unspecified atom stereocenters. The Hall–Kier alpha value is -1.55. The molecule has 1 aromatic carbocycles. The summed E-state index contributed by atoms with van der Waals surface area (Å²) in [5.74, 6) is -0.689. The highest BCUT2D eigenvalue weighted by Crippen LogP contribution is 2.27. The van der Waals surface area contributed by atoms with Gasteiger partial charge in [-0.3, -0.25) is 0 Å². The van der Waals surface area contributed by atoms with Gasteiger partial charge in [-0.2, -0.15) is 0 Å². The summed E-state index contributed by atoms with van der Waals surface area (Å²) < 4.78 is 5.10. The molecule has 16 heavy (non-hydrogen) atoms. The number of carbonyl (C=O) groups is 1. The number of ether oxygens (including phenoxy) is 1. The Kier molecular flexibility index (Phi) is 3.90. The maximum Gasteiger partial charge on any atom is 0.339 e. The maximum atomic E-state index is 11.0. The number of methoxy groups -OCH3 is 1. The predicted octanol–water partition coefficient (Wildman–Crippen LogP) is 1.63. The fourth-order valence-corrected chi connectivity index (χ4v) is 1.72. The van der Waals surface area contributed by atoms with E-state index < -0.39 is 12.1 Å². The zero-order valence-electron chi connectivity index (χ0n) is 9.65. The molecule has 0 aliphatic heterocycles. The van der Waals surface area contributed by atoms with E-state index in [2.05, 4.69) is 0 Å². The van der Waals surface area contributed by atoms with E-state index >= 15 is 0 Å². The molecule has 1 aromatic rings. The Morgan fingerprint density at radius 3 is 2.56 bits per heavy atom. The van der Waals surface area contributed by atoms with E-state index in [1.807, 2.05) is 13.0 Å². The lowest BCUT2D eigenvalue weighted by Gasteiger charge is -2.13. The highest BCUT2D eigenvalue weighted by molar-refractivity contribution is 5.91. The summed E-state index contributed by atoms with van der Waals surface area (Å²) in [4.78, 5) is 11.0. The van der Waals surface area contributed by atoms with Crippen LogP contribution >= 0.6 is 0 Å². The molecular weight excluding hydrogens is 208 g/mol. The minimum absolute atomic E-state index is 0.137. The number of aromatic carboxylic acids is 1. The predicted molar refractivity (Wildman–Crippen MR) is 60.1 cm³/mol. The fourth-order valence-electron chi connectivity index (χ4n) is 1.72. The highest BCUT2D eigenvalue weighted by Gasteiger charge is 2.16. The molecule has 4 heteroatoms. The molecule has 0 saturated heterocycles. The van der Waals surface area contributed by atoms with Crippen molar-refractivity contribution in [2.24, 2.45) is 0 Å². The number of aliphatic hydroxyl groups excluding tert-OH is 1. The molecule has 0 aromatic heterocycles. The third-order valence-corrected chi connectivity index (χ3v) is 2.26. The Morgan fingerprint density at radius 2 is 2.12 bits per heavy atom. The summed E-state index contributed by atoms with van der Waals surface area (Å²) in [6.45, 7) is 3.47. The van der Waals surface area contributed by atoms with E-state index in [-0.39, 0.29) is 5.56 Å². The average molecular weight is 224 g/mol. The van der Waals surface area contributed by atoms with Crippen LogP contribution in [0, 0.1) is 6.92 Å². The van der Waals surface area contributed by atoms with E-state index in [0.717, 1.165) is 11.1 Å². The van der Waals surface area contributed by atoms with Crippen molar-refractivity contribution in [2.75, 3.05) is 7.11 Å². The van der Waals surface area contributed by atoms with Crippen LogP contribution < -0.4 is 4.74 Å². The molecule has 0 spiro atoms. The smallest absolute Gasteiger partial charge is 0.339 e. The van der Waals surface area contributed by atoms with Gasteiger partial charge in [0.1, 0.15) is 11.3 Å². The van der Waals surface area contributed by atoms with Gasteiger partial charge in [-0.05, 0) is 31.0 Å². The second kappa shape index (κ2) is 4.99. The minimum atomic E-state index is -1.02. The molecule has 1 rings (SSSR count). The second-order valence-electron chi connectivity index (χ2n) is 3.86. The van der Waals surface area contributed by atoms with E-state index in [1.54, 1.807) is 13.0 Å². The van der Waals surface area contributed by atoms with E-state index in [0.29, 0.717) is 12.2 Å². The molecule has 0 aliphatic rings. The Morgan fingerprint density at radius 1 is 1.50 bits per heavy atom. The summed E-state index contributed by atoms with van der Waals surface area (Å²) >= 11 is 0. The topological polar surface area (TPSA) is 66.8 Å². The first-order valence-corrected chi connectivity index (χ1v) is 5.04. The first kappa shape index (κ1) is 12.5. The van der Waals surface area contributed by atoms with Crippen LogP contribution in [0.4, 0.5) is 0 Å². The van der Waals surface area contributed by atoms with Gasteiger partial charge < -0.3 is 14.9 Å². The molecule has 4 nitrogen and oxygen atoms in total. The molecule has 0 fully saturated rings. The van der Waals surface area contributed by atoms with Crippen LogP contribution in [-0.2, 0) is 6.42 Å². The zero-order chi connectivity index (χ0) is 12.3. The minimum Gasteiger partial charge on any atom is -0.496 e. The van der Waals surface area contributed by atoms with Crippen LogP contribution in [0.15, 0.2) is 12.1 Å². The van der Waals surface area contributed by atoms with Gasteiger partial charge in [-0.25, -0.2) is 4.79 Å². The normalized spacial score (nSPS) is 12.2. The second-order valence-corrected chi connectivity index (χ2v) is 3.86. The van der Waals surface area contributed by atoms with Gasteiger partial charge in [0.2, 0.25) is 0 Å². The summed E-state index contributed by atoms with van der Waals surface area (Å²) in [6, 6.07) is 3.39. The van der Waals surface area contributed by atoms with Gasteiger partial charge in [-0.1, -0.05) is 6.07 Å². The van der Waals surface area contributed by atoms with Gasteiger partial charge in [0.25, 0.3) is 0 Å². The zero-order valence-corrected chi connectivity index (χ0v) is 9.65. The molecule has 0 heterocycles. The van der Waals surface area contributed by atoms with E-state index in [9.17, 15) is 9.90 Å². The maximum absolute atomic E-state index is 11.0. The van der Waals surface area contributed by atoms with Gasteiger partial charge in [0.15, 0.2) is 0 Å². The number of carboxylic acid groups (broad SMARTS) is 1. The van der Waals surface area contributed by atoms with Crippen molar-refractivity contribution in [2.45, 2.75) is 26.4 Å². The molecule has 0 radical (unpaired) electrons. The number of hydrogen-bond acceptors (Lipinski definition) is 3. The van der Waals surface area contributed by atoms with Crippen molar-refractivity contribution >= 4 is 5.97 Å². The first-order valence-electron chi connectivity index (χ1n) is 5.04. The van der Waals surface area contributed by atoms with Crippen molar-refractivity contribution in [3.63, 3.8) is 0 Å². The molecule has 2 N–H and O–H groups in total. The van der Waals surface area contributed by atoms with Gasteiger partial charge in [0, 0.05) is 6.42 Å². The molecular formula is C12H16O4. The van der Waals surface area contributed by atoms with Crippen LogP contribution in [0.1, 0.15) is 28.4 Å². The summed E-state index contributed by atoms with van der Waals surface area (Å²) in [5, 5.41) is 18.4. The lowest BCUT2D eigenvalue weighted by molar-refractivity contribution is 0.0692. The highest BCUT2D eigenvalue weighted by atomic mass is 16.5. The third-order valence-electron chi connectivity index (χ3n) is 2.26. The molecule has 0 saturated carbocycles. The molecule has 0 bridgehead atoms. The van der Waals surface area contributed by atoms with Crippen LogP contribution in [0.3, 0.4) is 0 Å². The monoisotopic (exact) mass is 224 g/mol. The fraction of sp³-hybridized carbons (Fsp3) is 0.417. The average Bonchev–Trinajstić information content (AvgIpc) is 2.15. The number of aryl methyl sites for hydroxylation is 1. The molecule has 0 amide bonds. The summed E-state index contributed by atoms with van der Waals surface area (Å²) in [7, 11) is 1.43.